The lowest BCUT2D eigenvalue weighted by molar-refractivity contribution is 1.07. The molecule has 2 aromatic heterocycles. The molecule has 0 saturated heterocycles. The molecule has 0 N–H and O–H groups in total. The molecule has 47 heavy (non-hydrogen) atoms. The number of hydrogen-bond acceptors (Lipinski definition) is 4. The Bertz CT molecular complexity index is 2480. The van der Waals surface area contributed by atoms with E-state index in [9.17, 15) is 5.26 Å². The van der Waals surface area contributed by atoms with E-state index in [1.54, 1.807) is 0 Å². The summed E-state index contributed by atoms with van der Waals surface area (Å²) in [6.45, 7) is 7.43. The minimum Gasteiger partial charge on any atom is -0.309 e. The molecule has 0 aliphatic rings. The van der Waals surface area contributed by atoms with Gasteiger partial charge < -0.3 is 4.57 Å². The van der Waals surface area contributed by atoms with E-state index in [0.29, 0.717) is 34.3 Å². The molecule has 0 unspecified atom stereocenters. The van der Waals surface area contributed by atoms with Crippen LogP contribution < -0.4 is 0 Å². The third-order valence-corrected chi connectivity index (χ3v) is 8.30. The SMILES string of the molecule is [C-]#[N+]c1cccc(-c2ccc3c(c2)c2ccccc2n3-c2ccc(-c3nc(-c4ccccc4)nc(-c4ccccc4)n3)c(C#N)c2)c1. The lowest BCUT2D eigenvalue weighted by Crippen LogP contribution is -2.02. The van der Waals surface area contributed by atoms with Crippen LogP contribution in [-0.2, 0) is 0 Å². The number of nitrogens with zero attached hydrogens (tertiary/aromatic N) is 6. The van der Waals surface area contributed by atoms with Gasteiger partial charge in [0.05, 0.1) is 29.2 Å². The fraction of sp³-hybridized carbons (Fsp3) is 0. The van der Waals surface area contributed by atoms with E-state index in [2.05, 4.69) is 45.8 Å². The minimum absolute atomic E-state index is 0.439. The van der Waals surface area contributed by atoms with Crippen LogP contribution in [0.1, 0.15) is 5.56 Å². The molecule has 0 atom stereocenters. The summed E-state index contributed by atoms with van der Waals surface area (Å²) in [5.74, 6) is 1.53. The highest BCUT2D eigenvalue weighted by molar-refractivity contribution is 6.10. The Hall–Kier alpha value is -6.89. The molecule has 0 amide bonds. The van der Waals surface area contributed by atoms with Gasteiger partial charge in [0.15, 0.2) is 23.2 Å². The number of aromatic nitrogens is 4. The first-order chi connectivity index (χ1) is 23.2. The number of para-hydroxylation sites is 1. The summed E-state index contributed by atoms with van der Waals surface area (Å²) in [6, 6.07) is 50.2. The number of fused-ring (bicyclic) bond motifs is 3. The Morgan fingerprint density at radius 2 is 1.15 bits per heavy atom. The van der Waals surface area contributed by atoms with Gasteiger partial charge in [-0.1, -0.05) is 103 Å². The van der Waals surface area contributed by atoms with Gasteiger partial charge in [-0.3, -0.25) is 0 Å². The van der Waals surface area contributed by atoms with Crippen LogP contribution in [0.5, 0.6) is 0 Å². The molecule has 6 nitrogen and oxygen atoms in total. The van der Waals surface area contributed by atoms with E-state index in [4.69, 9.17) is 21.5 Å². The predicted octanol–water partition coefficient (Wildman–Crippen LogP) is 10.1. The Morgan fingerprint density at radius 3 is 1.85 bits per heavy atom. The average Bonchev–Trinajstić information content (AvgIpc) is 3.49. The summed E-state index contributed by atoms with van der Waals surface area (Å²) < 4.78 is 2.19. The van der Waals surface area contributed by atoms with Crippen molar-refractivity contribution in [2.45, 2.75) is 0 Å². The van der Waals surface area contributed by atoms with Crippen LogP contribution in [0.25, 0.3) is 77.6 Å². The van der Waals surface area contributed by atoms with E-state index < -0.39 is 0 Å². The van der Waals surface area contributed by atoms with Gasteiger partial charge in [-0.25, -0.2) is 19.8 Å². The quantitative estimate of drug-likeness (QED) is 0.184. The van der Waals surface area contributed by atoms with Crippen molar-refractivity contribution in [2.24, 2.45) is 0 Å². The fourth-order valence-corrected chi connectivity index (χ4v) is 6.07. The van der Waals surface area contributed by atoms with Crippen LogP contribution in [-0.4, -0.2) is 19.5 Å². The van der Waals surface area contributed by atoms with Gasteiger partial charge in [-0.15, -0.1) is 0 Å². The van der Waals surface area contributed by atoms with Crippen LogP contribution in [0.3, 0.4) is 0 Å². The van der Waals surface area contributed by atoms with E-state index in [1.807, 2.05) is 115 Å². The van der Waals surface area contributed by atoms with Gasteiger partial charge in [0.2, 0.25) is 0 Å². The van der Waals surface area contributed by atoms with Gasteiger partial charge in [-0.05, 0) is 53.6 Å². The maximum atomic E-state index is 10.5. The molecule has 0 aliphatic heterocycles. The monoisotopic (exact) mass is 600 g/mol. The number of nitriles is 1. The van der Waals surface area contributed by atoms with Crippen molar-refractivity contribution in [1.29, 1.82) is 5.26 Å². The third-order valence-electron chi connectivity index (χ3n) is 8.30. The molecule has 2 heterocycles. The molecule has 0 radical (unpaired) electrons. The summed E-state index contributed by atoms with van der Waals surface area (Å²) in [5, 5.41) is 12.6. The summed E-state index contributed by atoms with van der Waals surface area (Å²) >= 11 is 0. The first-order valence-corrected chi connectivity index (χ1v) is 15.1. The van der Waals surface area contributed by atoms with E-state index in [-0.39, 0.29) is 0 Å². The smallest absolute Gasteiger partial charge is 0.187 e. The second-order valence-electron chi connectivity index (χ2n) is 11.1. The Morgan fingerprint density at radius 1 is 0.532 bits per heavy atom. The fourth-order valence-electron chi connectivity index (χ4n) is 6.07. The molecule has 0 saturated carbocycles. The molecular weight excluding hydrogens is 576 g/mol. The van der Waals surface area contributed by atoms with Crippen LogP contribution >= 0.6 is 0 Å². The largest absolute Gasteiger partial charge is 0.309 e. The maximum Gasteiger partial charge on any atom is 0.187 e. The summed E-state index contributed by atoms with van der Waals surface area (Å²) in [5.41, 5.74) is 8.39. The Balaban J connectivity index is 1.29. The van der Waals surface area contributed by atoms with Gasteiger partial charge >= 0.3 is 0 Å². The average molecular weight is 601 g/mol. The lowest BCUT2D eigenvalue weighted by Gasteiger charge is -2.12. The van der Waals surface area contributed by atoms with E-state index in [0.717, 1.165) is 49.7 Å². The van der Waals surface area contributed by atoms with Crippen LogP contribution in [0.15, 0.2) is 146 Å². The van der Waals surface area contributed by atoms with Crippen molar-refractivity contribution in [3.8, 4) is 57.0 Å². The van der Waals surface area contributed by atoms with E-state index in [1.165, 1.54) is 0 Å². The first kappa shape index (κ1) is 27.6. The first-order valence-electron chi connectivity index (χ1n) is 15.1. The molecule has 0 bridgehead atoms. The van der Waals surface area contributed by atoms with Crippen LogP contribution in [0, 0.1) is 17.9 Å². The molecule has 8 rings (SSSR count). The molecule has 6 aromatic carbocycles. The number of rotatable bonds is 5. The number of hydrogen-bond donors (Lipinski definition) is 0. The van der Waals surface area contributed by atoms with Crippen molar-refractivity contribution in [2.75, 3.05) is 0 Å². The minimum atomic E-state index is 0.439. The summed E-state index contributed by atoms with van der Waals surface area (Å²) in [6.07, 6.45) is 0. The Labute approximate surface area is 271 Å². The zero-order chi connectivity index (χ0) is 31.7. The van der Waals surface area contributed by atoms with Gasteiger partial charge in [0.1, 0.15) is 0 Å². The van der Waals surface area contributed by atoms with Gasteiger partial charge in [-0.2, -0.15) is 5.26 Å². The maximum absolute atomic E-state index is 10.5. The molecule has 0 spiro atoms. The normalized spacial score (nSPS) is 10.9. The van der Waals surface area contributed by atoms with Crippen molar-refractivity contribution >= 4 is 27.5 Å². The zero-order valence-corrected chi connectivity index (χ0v) is 25.0. The topological polar surface area (TPSA) is 71.8 Å². The van der Waals surface area contributed by atoms with Crippen molar-refractivity contribution < 1.29 is 0 Å². The highest BCUT2D eigenvalue weighted by Crippen LogP contribution is 2.37. The van der Waals surface area contributed by atoms with Crippen LogP contribution in [0.2, 0.25) is 0 Å². The molecule has 218 valence electrons. The highest BCUT2D eigenvalue weighted by Gasteiger charge is 2.18. The molecular formula is C41H24N6. The predicted molar refractivity (Wildman–Crippen MR) is 187 cm³/mol. The molecule has 0 fully saturated rings. The van der Waals surface area contributed by atoms with Gasteiger partial charge in [0, 0.05) is 33.2 Å². The number of benzene rings is 6. The van der Waals surface area contributed by atoms with E-state index >= 15 is 0 Å². The third kappa shape index (κ3) is 4.97. The summed E-state index contributed by atoms with van der Waals surface area (Å²) in [7, 11) is 0. The second kappa shape index (κ2) is 11.6. The standard InChI is InChI=1S/C41H24N6/c1-43-32-16-10-15-29(23-32)30-19-22-38-36(25-30)35-17-8-9-18-37(35)47(38)33-20-21-34(31(24-33)26-42)41-45-39(27-11-4-2-5-12-27)44-40(46-41)28-13-6-3-7-14-28/h2-25H. The van der Waals surface area contributed by atoms with Crippen molar-refractivity contribution in [3.63, 3.8) is 0 Å². The molecule has 8 aromatic rings. The Kier molecular flexibility index (Phi) is 6.80. The van der Waals surface area contributed by atoms with Crippen molar-refractivity contribution in [1.82, 2.24) is 19.5 Å². The lowest BCUT2D eigenvalue weighted by atomic mass is 10.0. The zero-order valence-electron chi connectivity index (χ0n) is 25.0. The van der Waals surface area contributed by atoms with Crippen LogP contribution in [0.4, 0.5) is 5.69 Å². The summed E-state index contributed by atoms with van der Waals surface area (Å²) in [4.78, 5) is 18.1. The second-order valence-corrected chi connectivity index (χ2v) is 11.1. The highest BCUT2D eigenvalue weighted by atomic mass is 15.0. The molecule has 6 heteroatoms. The van der Waals surface area contributed by atoms with Crippen molar-refractivity contribution in [3.05, 3.63) is 163 Å². The molecule has 0 aliphatic carbocycles. The van der Waals surface area contributed by atoms with Gasteiger partial charge in [0.25, 0.3) is 0 Å².